The van der Waals surface area contributed by atoms with Crippen LogP contribution in [0.25, 0.3) is 0 Å². The fourth-order valence-corrected chi connectivity index (χ4v) is 7.54. The molecule has 41 heavy (non-hydrogen) atoms. The van der Waals surface area contributed by atoms with Crippen molar-refractivity contribution in [3.8, 4) is 11.5 Å². The van der Waals surface area contributed by atoms with Gasteiger partial charge < -0.3 is 20.8 Å². The van der Waals surface area contributed by atoms with E-state index in [0.29, 0.717) is 30.4 Å². The summed E-state index contributed by atoms with van der Waals surface area (Å²) in [5, 5.41) is 28.1. The van der Waals surface area contributed by atoms with Crippen molar-refractivity contribution in [3.05, 3.63) is 47.5 Å². The van der Waals surface area contributed by atoms with Gasteiger partial charge in [0.1, 0.15) is 11.5 Å². The van der Waals surface area contributed by atoms with Gasteiger partial charge in [0.05, 0.1) is 22.9 Å². The average Bonchev–Trinajstić information content (AvgIpc) is 3.62. The van der Waals surface area contributed by atoms with Crippen LogP contribution in [-0.4, -0.2) is 64.8 Å². The summed E-state index contributed by atoms with van der Waals surface area (Å²) in [7, 11) is 0. The number of rotatable bonds is 12. The van der Waals surface area contributed by atoms with Crippen molar-refractivity contribution in [1.82, 2.24) is 18.7 Å². The number of nitrogens with zero attached hydrogens (tertiary/aromatic N) is 4. The molecule has 0 bridgehead atoms. The first-order valence-electron chi connectivity index (χ1n) is 11.9. The van der Waals surface area contributed by atoms with Crippen molar-refractivity contribution in [1.29, 1.82) is 0 Å². The van der Waals surface area contributed by atoms with Gasteiger partial charge in [0.15, 0.2) is 8.68 Å². The summed E-state index contributed by atoms with van der Waals surface area (Å²) < 4.78 is 9.76. The third-order valence-electron chi connectivity index (χ3n) is 5.78. The van der Waals surface area contributed by atoms with Gasteiger partial charge in [-0.1, -0.05) is 73.0 Å². The molecule has 2 heterocycles. The van der Waals surface area contributed by atoms with Gasteiger partial charge in [-0.05, 0) is 71.0 Å². The van der Waals surface area contributed by atoms with Crippen LogP contribution in [0, 0.1) is 0 Å². The third-order valence-corrected chi connectivity index (χ3v) is 10.8. The van der Waals surface area contributed by atoms with Gasteiger partial charge in [0.25, 0.3) is 0 Å². The van der Waals surface area contributed by atoms with E-state index in [1.165, 1.54) is 70.1 Å². The van der Waals surface area contributed by atoms with Crippen molar-refractivity contribution in [2.75, 3.05) is 34.7 Å². The van der Waals surface area contributed by atoms with Crippen molar-refractivity contribution in [2.24, 2.45) is 0 Å². The minimum atomic E-state index is -0.606. The SMILES string of the molecule is CSc1nsc(SCC(=O)Nc2ccc(C(C)(C)c3ccc(NC(=O)CSc4nc(SC)ns4)c(O)c3)cc2O)n1. The molecule has 4 N–H and O–H groups in total. The number of phenols is 2. The summed E-state index contributed by atoms with van der Waals surface area (Å²) in [5.74, 6) is -0.408. The molecule has 16 heteroatoms. The van der Waals surface area contributed by atoms with Crippen LogP contribution in [0.15, 0.2) is 55.4 Å². The number of aromatic hydroxyl groups is 2. The number of thioether (sulfide) groups is 4. The maximum Gasteiger partial charge on any atom is 0.234 e. The van der Waals surface area contributed by atoms with Crippen LogP contribution in [0.3, 0.4) is 0 Å². The Bertz CT molecular complexity index is 1430. The largest absolute Gasteiger partial charge is 0.506 e. The zero-order chi connectivity index (χ0) is 29.6. The number of aromatic nitrogens is 4. The molecule has 216 valence electrons. The number of carbonyl (C=O) groups excluding carboxylic acids is 2. The molecule has 0 saturated carbocycles. The highest BCUT2D eigenvalue weighted by Gasteiger charge is 2.26. The third kappa shape index (κ3) is 8.29. The quantitative estimate of drug-likeness (QED) is 0.103. The first-order chi connectivity index (χ1) is 19.6. The van der Waals surface area contributed by atoms with E-state index in [2.05, 4.69) is 29.3 Å². The predicted molar refractivity (Wildman–Crippen MR) is 170 cm³/mol. The summed E-state index contributed by atoms with van der Waals surface area (Å²) in [6, 6.07) is 10.1. The highest BCUT2D eigenvalue weighted by Crippen LogP contribution is 2.38. The van der Waals surface area contributed by atoms with Gasteiger partial charge in [0.2, 0.25) is 22.1 Å². The monoisotopic (exact) mass is 666 g/mol. The number of benzene rings is 2. The molecule has 4 rings (SSSR count). The molecule has 0 aliphatic rings. The number of amides is 2. The lowest BCUT2D eigenvalue weighted by Gasteiger charge is -2.27. The Morgan fingerprint density at radius 2 is 1.20 bits per heavy atom. The molecule has 0 radical (unpaired) electrons. The zero-order valence-corrected chi connectivity index (χ0v) is 27.2. The first-order valence-corrected chi connectivity index (χ1v) is 17.8. The van der Waals surface area contributed by atoms with E-state index in [4.69, 9.17) is 0 Å². The molecule has 10 nitrogen and oxygen atoms in total. The fraction of sp³-hybridized carbons (Fsp3) is 0.280. The summed E-state index contributed by atoms with van der Waals surface area (Å²) in [6.07, 6.45) is 3.78. The predicted octanol–water partition coefficient (Wildman–Crippen LogP) is 6.03. The summed E-state index contributed by atoms with van der Waals surface area (Å²) in [6.45, 7) is 3.91. The van der Waals surface area contributed by atoms with E-state index in [-0.39, 0.29) is 34.8 Å². The molecule has 0 aliphatic heterocycles. The molecule has 2 aromatic carbocycles. The van der Waals surface area contributed by atoms with E-state index in [0.717, 1.165) is 11.1 Å². The Labute approximate surface area is 262 Å². The Morgan fingerprint density at radius 3 is 1.54 bits per heavy atom. The van der Waals surface area contributed by atoms with Crippen molar-refractivity contribution in [3.63, 3.8) is 0 Å². The Hall–Kier alpha value is -2.50. The van der Waals surface area contributed by atoms with Crippen LogP contribution in [0.5, 0.6) is 11.5 Å². The second-order valence-corrected chi connectivity index (χ2v) is 14.4. The molecular formula is C25H26N6O4S6. The number of anilines is 2. The van der Waals surface area contributed by atoms with Crippen molar-refractivity contribution < 1.29 is 19.8 Å². The number of hydrogen-bond acceptors (Lipinski definition) is 14. The van der Waals surface area contributed by atoms with Gasteiger partial charge in [-0.2, -0.15) is 8.75 Å². The lowest BCUT2D eigenvalue weighted by Crippen LogP contribution is -2.20. The topological polar surface area (TPSA) is 150 Å². The smallest absolute Gasteiger partial charge is 0.234 e. The molecule has 0 aliphatic carbocycles. The molecule has 0 spiro atoms. The number of carbonyl (C=O) groups is 2. The van der Waals surface area contributed by atoms with Gasteiger partial charge in [0, 0.05) is 5.41 Å². The van der Waals surface area contributed by atoms with E-state index in [1.54, 1.807) is 24.3 Å². The van der Waals surface area contributed by atoms with Crippen LogP contribution in [0.4, 0.5) is 11.4 Å². The molecule has 4 aromatic rings. The second-order valence-electron chi connectivity index (χ2n) is 8.86. The van der Waals surface area contributed by atoms with E-state index < -0.39 is 5.41 Å². The lowest BCUT2D eigenvalue weighted by atomic mass is 9.78. The molecule has 2 amide bonds. The molecular weight excluding hydrogens is 641 g/mol. The fourth-order valence-electron chi connectivity index (χ4n) is 3.52. The Balaban J connectivity index is 1.36. The molecule has 0 unspecified atom stereocenters. The number of nitrogens with one attached hydrogen (secondary N) is 2. The van der Waals surface area contributed by atoms with Gasteiger partial charge in [-0.3, -0.25) is 9.59 Å². The minimum Gasteiger partial charge on any atom is -0.506 e. The molecule has 0 saturated heterocycles. The maximum absolute atomic E-state index is 12.4. The molecule has 0 fully saturated rings. The molecule has 2 aromatic heterocycles. The van der Waals surface area contributed by atoms with Crippen molar-refractivity contribution in [2.45, 2.75) is 38.3 Å². The highest BCUT2D eigenvalue weighted by atomic mass is 32.2. The highest BCUT2D eigenvalue weighted by molar-refractivity contribution is 8.02. The first kappa shape index (κ1) is 31.4. The Kier molecular flexibility index (Phi) is 10.8. The van der Waals surface area contributed by atoms with Gasteiger partial charge >= 0.3 is 0 Å². The normalized spacial score (nSPS) is 11.4. The Morgan fingerprint density at radius 1 is 0.780 bits per heavy atom. The zero-order valence-electron chi connectivity index (χ0n) is 22.3. The van der Waals surface area contributed by atoms with E-state index in [9.17, 15) is 19.8 Å². The second kappa shape index (κ2) is 14.1. The van der Waals surface area contributed by atoms with Crippen LogP contribution in [-0.2, 0) is 15.0 Å². The minimum absolute atomic E-state index is 0.0693. The van der Waals surface area contributed by atoms with Crippen LogP contribution < -0.4 is 10.6 Å². The summed E-state index contributed by atoms with van der Waals surface area (Å²) in [5.41, 5.74) is 1.54. The van der Waals surface area contributed by atoms with E-state index >= 15 is 0 Å². The standard InChI is InChI=1S/C25H26N6O4S6/c1-25(2,13-5-7-15(17(32)9-13)26-19(34)11-38-23-28-21(36-3)30-40-23)14-6-8-16(18(33)10-14)27-20(35)12-39-24-29-22(37-4)31-41-24/h5-10,32-33H,11-12H2,1-4H3,(H,26,34)(H,27,35). The lowest BCUT2D eigenvalue weighted by molar-refractivity contribution is -0.114. The maximum atomic E-state index is 12.4. The van der Waals surface area contributed by atoms with Crippen LogP contribution in [0.2, 0.25) is 0 Å². The van der Waals surface area contributed by atoms with E-state index in [1.807, 2.05) is 38.5 Å². The molecule has 0 atom stereocenters. The van der Waals surface area contributed by atoms with Gasteiger partial charge in [-0.15, -0.1) is 0 Å². The number of phenolic OH excluding ortho intramolecular Hbond substituents is 2. The van der Waals surface area contributed by atoms with Crippen LogP contribution in [0.1, 0.15) is 25.0 Å². The van der Waals surface area contributed by atoms with Crippen molar-refractivity contribution >= 4 is 93.3 Å². The summed E-state index contributed by atoms with van der Waals surface area (Å²) in [4.78, 5) is 33.5. The number of hydrogen-bond donors (Lipinski definition) is 4. The average molecular weight is 667 g/mol. The summed E-state index contributed by atoms with van der Waals surface area (Å²) >= 11 is 7.94. The van der Waals surface area contributed by atoms with Crippen LogP contribution >= 0.6 is 70.1 Å². The van der Waals surface area contributed by atoms with Gasteiger partial charge in [-0.25, -0.2) is 9.97 Å².